The van der Waals surface area contributed by atoms with Crippen molar-refractivity contribution < 1.29 is 27.5 Å². The standard InChI is InChI=1S/C25H21F3N6O3/c1-32-12-19-20(13-32)34-22(24(36)33(19)17-6-4-16(5-7-17)25(26,27)28)18(11-30-34)31-23(35)14-3-8-21(37-2)15(9-14)10-29/h3-9,11,19-20H,12-13H2,1-2H3,(H,31,35)/t19-,20+/m0/s1. The summed E-state index contributed by atoms with van der Waals surface area (Å²) < 4.78 is 46.0. The second-order valence-corrected chi connectivity index (χ2v) is 8.91. The summed E-state index contributed by atoms with van der Waals surface area (Å²) in [5, 5.41) is 16.4. The van der Waals surface area contributed by atoms with E-state index < -0.39 is 23.6 Å². The van der Waals surface area contributed by atoms with Gasteiger partial charge in [-0.25, -0.2) is 0 Å². The van der Waals surface area contributed by atoms with Crippen LogP contribution in [0.15, 0.2) is 48.7 Å². The van der Waals surface area contributed by atoms with Crippen molar-refractivity contribution in [1.29, 1.82) is 5.26 Å². The van der Waals surface area contributed by atoms with Crippen LogP contribution in [0.25, 0.3) is 0 Å². The number of hydrogen-bond donors (Lipinski definition) is 1. The fourth-order valence-corrected chi connectivity index (χ4v) is 4.88. The number of hydrogen-bond acceptors (Lipinski definition) is 6. The van der Waals surface area contributed by atoms with Gasteiger partial charge in [-0.1, -0.05) is 0 Å². The zero-order valence-electron chi connectivity index (χ0n) is 19.8. The topological polar surface area (TPSA) is 103 Å². The van der Waals surface area contributed by atoms with Crippen molar-refractivity contribution in [3.05, 3.63) is 71.0 Å². The number of ether oxygens (including phenoxy) is 1. The van der Waals surface area contributed by atoms with E-state index in [4.69, 9.17) is 4.74 Å². The molecule has 0 unspecified atom stereocenters. The number of rotatable bonds is 4. The van der Waals surface area contributed by atoms with Crippen LogP contribution in [-0.4, -0.2) is 59.8 Å². The highest BCUT2D eigenvalue weighted by atomic mass is 19.4. The second-order valence-electron chi connectivity index (χ2n) is 8.91. The zero-order chi connectivity index (χ0) is 26.5. The Morgan fingerprint density at radius 1 is 1.16 bits per heavy atom. The average molecular weight is 510 g/mol. The van der Waals surface area contributed by atoms with Crippen molar-refractivity contribution in [2.75, 3.05) is 37.5 Å². The van der Waals surface area contributed by atoms with Gasteiger partial charge in [0, 0.05) is 24.3 Å². The summed E-state index contributed by atoms with van der Waals surface area (Å²) in [4.78, 5) is 30.2. The molecule has 0 spiro atoms. The van der Waals surface area contributed by atoms with Gasteiger partial charge in [-0.15, -0.1) is 0 Å². The number of carbonyl (C=O) groups excluding carboxylic acids is 2. The Labute approximate surface area is 209 Å². The minimum atomic E-state index is -4.50. The lowest BCUT2D eigenvalue weighted by atomic mass is 10.0. The number of nitriles is 1. The van der Waals surface area contributed by atoms with Crippen molar-refractivity contribution in [3.8, 4) is 11.8 Å². The summed E-state index contributed by atoms with van der Waals surface area (Å²) in [5.41, 5.74) is 0.150. The molecule has 37 heavy (non-hydrogen) atoms. The van der Waals surface area contributed by atoms with E-state index in [1.807, 2.05) is 18.0 Å². The van der Waals surface area contributed by atoms with Crippen molar-refractivity contribution in [1.82, 2.24) is 14.7 Å². The number of aromatic nitrogens is 2. The highest BCUT2D eigenvalue weighted by Crippen LogP contribution is 2.39. The quantitative estimate of drug-likeness (QED) is 0.576. The van der Waals surface area contributed by atoms with Gasteiger partial charge in [0.25, 0.3) is 11.8 Å². The SMILES string of the molecule is COc1ccc(C(=O)Nc2cnn3c2C(=O)N(c2ccc(C(F)(F)F)cc2)[C@H]2CN(C)C[C@H]23)cc1C#N. The van der Waals surface area contributed by atoms with E-state index in [0.29, 0.717) is 24.5 Å². The first kappa shape index (κ1) is 24.3. The van der Waals surface area contributed by atoms with E-state index >= 15 is 0 Å². The first-order valence-corrected chi connectivity index (χ1v) is 11.3. The Hall–Kier alpha value is -4.37. The van der Waals surface area contributed by atoms with Crippen LogP contribution in [0.3, 0.4) is 0 Å². The molecule has 2 aromatic carbocycles. The molecule has 9 nitrogen and oxygen atoms in total. The molecule has 2 aliphatic heterocycles. The molecule has 3 aromatic rings. The number of alkyl halides is 3. The Balaban J connectivity index is 1.50. The van der Waals surface area contributed by atoms with Crippen LogP contribution >= 0.6 is 0 Å². The molecule has 0 saturated carbocycles. The van der Waals surface area contributed by atoms with Gasteiger partial charge < -0.3 is 19.9 Å². The van der Waals surface area contributed by atoms with Crippen LogP contribution in [0.5, 0.6) is 5.75 Å². The highest BCUT2D eigenvalue weighted by molar-refractivity contribution is 6.13. The lowest BCUT2D eigenvalue weighted by Crippen LogP contribution is -2.51. The lowest BCUT2D eigenvalue weighted by Gasteiger charge is -2.37. The van der Waals surface area contributed by atoms with E-state index in [9.17, 15) is 28.0 Å². The molecule has 0 bridgehead atoms. The maximum Gasteiger partial charge on any atom is 0.416 e. The second kappa shape index (κ2) is 8.94. The minimum absolute atomic E-state index is 0.124. The number of nitrogens with zero attached hydrogens (tertiary/aromatic N) is 5. The molecule has 1 aromatic heterocycles. The molecule has 190 valence electrons. The number of fused-ring (bicyclic) bond motifs is 3. The molecule has 0 aliphatic carbocycles. The highest BCUT2D eigenvalue weighted by Gasteiger charge is 2.47. The normalized spacial score (nSPS) is 19.2. The maximum absolute atomic E-state index is 13.7. The number of anilines is 2. The molecule has 1 fully saturated rings. The zero-order valence-corrected chi connectivity index (χ0v) is 19.8. The van der Waals surface area contributed by atoms with Crippen molar-refractivity contribution >= 4 is 23.2 Å². The molecule has 2 atom stereocenters. The number of halogens is 3. The van der Waals surface area contributed by atoms with Crippen LogP contribution < -0.4 is 15.0 Å². The molecule has 1 saturated heterocycles. The third-order valence-electron chi connectivity index (χ3n) is 6.61. The number of benzene rings is 2. The first-order valence-electron chi connectivity index (χ1n) is 11.3. The Morgan fingerprint density at radius 3 is 2.51 bits per heavy atom. The molecule has 2 amide bonds. The Bertz CT molecular complexity index is 1430. The van der Waals surface area contributed by atoms with Crippen LogP contribution in [0, 0.1) is 11.3 Å². The van der Waals surface area contributed by atoms with Gasteiger partial charge in [-0.05, 0) is 49.5 Å². The van der Waals surface area contributed by atoms with E-state index in [1.54, 1.807) is 4.68 Å². The predicted molar refractivity (Wildman–Crippen MR) is 126 cm³/mol. The van der Waals surface area contributed by atoms with Gasteiger partial charge in [0.15, 0.2) is 5.69 Å². The lowest BCUT2D eigenvalue weighted by molar-refractivity contribution is -0.137. The van der Waals surface area contributed by atoms with E-state index in [0.717, 1.165) is 12.1 Å². The summed E-state index contributed by atoms with van der Waals surface area (Å²) in [6.07, 6.45) is -3.12. The minimum Gasteiger partial charge on any atom is -0.495 e. The third kappa shape index (κ3) is 4.17. The molecular formula is C25H21F3N6O3. The van der Waals surface area contributed by atoms with Crippen molar-refractivity contribution in [2.24, 2.45) is 0 Å². The largest absolute Gasteiger partial charge is 0.495 e. The van der Waals surface area contributed by atoms with Gasteiger partial charge >= 0.3 is 6.18 Å². The number of nitrogens with one attached hydrogen (secondary N) is 1. The molecule has 5 rings (SSSR count). The van der Waals surface area contributed by atoms with Gasteiger partial charge in [0.05, 0.1) is 42.2 Å². The maximum atomic E-state index is 13.7. The monoisotopic (exact) mass is 510 g/mol. The molecule has 1 N–H and O–H groups in total. The van der Waals surface area contributed by atoms with Crippen molar-refractivity contribution in [2.45, 2.75) is 18.3 Å². The number of amides is 2. The summed E-state index contributed by atoms with van der Waals surface area (Å²) in [6, 6.07) is 10.2. The van der Waals surface area contributed by atoms with E-state index in [-0.39, 0.29) is 34.6 Å². The fraction of sp³-hybridized carbons (Fsp3) is 0.280. The molecule has 12 heteroatoms. The molecule has 2 aliphatic rings. The fourth-order valence-electron chi connectivity index (χ4n) is 4.88. The van der Waals surface area contributed by atoms with Crippen LogP contribution in [-0.2, 0) is 6.18 Å². The number of likely N-dealkylation sites (N-methyl/N-ethyl adjacent to an activating group) is 1. The predicted octanol–water partition coefficient (Wildman–Crippen LogP) is 3.55. The number of methoxy groups -OCH3 is 1. The van der Waals surface area contributed by atoms with Gasteiger partial charge in [0.2, 0.25) is 0 Å². The Morgan fingerprint density at radius 2 is 1.86 bits per heavy atom. The van der Waals surface area contributed by atoms with Gasteiger partial charge in [-0.3, -0.25) is 14.3 Å². The molecular weight excluding hydrogens is 489 g/mol. The van der Waals surface area contributed by atoms with E-state index in [1.165, 1.54) is 48.5 Å². The summed E-state index contributed by atoms with van der Waals surface area (Å²) in [6.45, 7) is 1.06. The summed E-state index contributed by atoms with van der Waals surface area (Å²) in [5.74, 6) is -0.730. The molecule has 3 heterocycles. The third-order valence-corrected chi connectivity index (χ3v) is 6.61. The number of carbonyl (C=O) groups is 2. The Kier molecular flexibility index (Phi) is 5.88. The van der Waals surface area contributed by atoms with Gasteiger partial charge in [0.1, 0.15) is 11.8 Å². The summed E-state index contributed by atoms with van der Waals surface area (Å²) >= 11 is 0. The van der Waals surface area contributed by atoms with Crippen LogP contribution in [0.2, 0.25) is 0 Å². The average Bonchev–Trinajstić information content (AvgIpc) is 3.46. The van der Waals surface area contributed by atoms with Crippen molar-refractivity contribution in [3.63, 3.8) is 0 Å². The first-order chi connectivity index (χ1) is 17.6. The van der Waals surface area contributed by atoms with Crippen LogP contribution in [0.4, 0.5) is 24.5 Å². The van der Waals surface area contributed by atoms with Gasteiger partial charge in [-0.2, -0.15) is 23.5 Å². The molecule has 0 radical (unpaired) electrons. The van der Waals surface area contributed by atoms with E-state index in [2.05, 4.69) is 10.4 Å². The van der Waals surface area contributed by atoms with Crippen LogP contribution in [0.1, 0.15) is 38.0 Å². The summed E-state index contributed by atoms with van der Waals surface area (Å²) in [7, 11) is 3.30. The number of likely N-dealkylation sites (tertiary alicyclic amines) is 1. The smallest absolute Gasteiger partial charge is 0.416 e.